The van der Waals surface area contributed by atoms with Crippen molar-refractivity contribution in [1.29, 1.82) is 0 Å². The lowest BCUT2D eigenvalue weighted by Crippen LogP contribution is -2.32. The van der Waals surface area contributed by atoms with Gasteiger partial charge in [-0.25, -0.2) is 13.6 Å². The van der Waals surface area contributed by atoms with Crippen molar-refractivity contribution in [2.75, 3.05) is 19.8 Å². The molecular formula is C19H18ClF2NO3. The molecule has 7 heteroatoms. The van der Waals surface area contributed by atoms with Gasteiger partial charge in [0, 0.05) is 17.1 Å². The first-order valence-electron chi connectivity index (χ1n) is 8.29. The minimum Gasteiger partial charge on any atom is -0.482 e. The summed E-state index contributed by atoms with van der Waals surface area (Å²) in [5, 5.41) is 3.75. The predicted molar refractivity (Wildman–Crippen MR) is 93.5 cm³/mol. The molecule has 0 saturated carbocycles. The minimum atomic E-state index is -0.866. The minimum absolute atomic E-state index is 0.250. The largest absolute Gasteiger partial charge is 0.482 e. The first kappa shape index (κ1) is 18.6. The van der Waals surface area contributed by atoms with E-state index >= 15 is 0 Å². The van der Waals surface area contributed by atoms with Gasteiger partial charge in [-0.05, 0) is 48.7 Å². The van der Waals surface area contributed by atoms with Gasteiger partial charge in [0.1, 0.15) is 5.75 Å². The maximum Gasteiger partial charge on any atom is 0.344 e. The summed E-state index contributed by atoms with van der Waals surface area (Å²) in [7, 11) is 0. The number of esters is 1. The molecule has 1 heterocycles. The highest BCUT2D eigenvalue weighted by molar-refractivity contribution is 6.30. The fourth-order valence-electron chi connectivity index (χ4n) is 3.08. The monoisotopic (exact) mass is 381 g/mol. The Morgan fingerprint density at radius 3 is 2.85 bits per heavy atom. The van der Waals surface area contributed by atoms with Crippen LogP contribution in [0.5, 0.6) is 5.75 Å². The Bertz CT molecular complexity index is 829. The number of carbonyl (C=O) groups is 1. The van der Waals surface area contributed by atoms with Gasteiger partial charge in [0.05, 0.1) is 12.6 Å². The van der Waals surface area contributed by atoms with Gasteiger partial charge in [0.15, 0.2) is 18.2 Å². The highest BCUT2D eigenvalue weighted by Crippen LogP contribution is 2.37. The van der Waals surface area contributed by atoms with E-state index in [-0.39, 0.29) is 13.2 Å². The fraction of sp³-hybridized carbons (Fsp3) is 0.316. The first-order chi connectivity index (χ1) is 12.5. The fourth-order valence-corrected chi connectivity index (χ4v) is 3.26. The molecule has 1 aliphatic rings. The van der Waals surface area contributed by atoms with E-state index in [1.54, 1.807) is 31.2 Å². The summed E-state index contributed by atoms with van der Waals surface area (Å²) in [5.74, 6) is -1.75. The van der Waals surface area contributed by atoms with Crippen LogP contribution >= 0.6 is 11.6 Å². The zero-order chi connectivity index (χ0) is 18.7. The van der Waals surface area contributed by atoms with Crippen LogP contribution in [0.4, 0.5) is 8.78 Å². The molecule has 0 amide bonds. The van der Waals surface area contributed by atoms with Crippen LogP contribution in [0.25, 0.3) is 0 Å². The molecule has 3 rings (SSSR count). The molecule has 0 aliphatic carbocycles. The lowest BCUT2D eigenvalue weighted by Gasteiger charge is -2.29. The zero-order valence-corrected chi connectivity index (χ0v) is 14.9. The van der Waals surface area contributed by atoms with Crippen LogP contribution in [0, 0.1) is 11.6 Å². The molecular weight excluding hydrogens is 364 g/mol. The van der Waals surface area contributed by atoms with Crippen molar-refractivity contribution >= 4 is 17.6 Å². The topological polar surface area (TPSA) is 47.6 Å². The molecule has 0 aromatic heterocycles. The molecule has 0 bridgehead atoms. The summed E-state index contributed by atoms with van der Waals surface area (Å²) >= 11 is 6.12. The average molecular weight is 382 g/mol. The standard InChI is InChI=1S/C19H18ClF2NO3/c1-2-25-17(24)10-26-16-6-3-11(20)9-14(16)19-13-4-5-15(21)18(22)12(13)7-8-23-19/h3-6,9,19,23H,2,7-8,10H2,1H3. The Kier molecular flexibility index (Phi) is 5.74. The number of carbonyl (C=O) groups excluding carboxylic acids is 1. The predicted octanol–water partition coefficient (Wildman–Crippen LogP) is 3.80. The molecule has 0 spiro atoms. The number of halogens is 3. The van der Waals surface area contributed by atoms with Crippen molar-refractivity contribution in [1.82, 2.24) is 5.32 Å². The third-order valence-corrected chi connectivity index (χ3v) is 4.44. The van der Waals surface area contributed by atoms with Gasteiger partial charge in [0.25, 0.3) is 0 Å². The summed E-state index contributed by atoms with van der Waals surface area (Å²) < 4.78 is 38.2. The maximum absolute atomic E-state index is 14.2. The number of rotatable bonds is 5. The Hall–Kier alpha value is -2.18. The summed E-state index contributed by atoms with van der Waals surface area (Å²) in [6.07, 6.45) is 0.384. The van der Waals surface area contributed by atoms with Gasteiger partial charge in [0.2, 0.25) is 0 Å². The smallest absolute Gasteiger partial charge is 0.344 e. The first-order valence-corrected chi connectivity index (χ1v) is 8.67. The van der Waals surface area contributed by atoms with E-state index in [9.17, 15) is 13.6 Å². The van der Waals surface area contributed by atoms with Crippen LogP contribution in [0.1, 0.15) is 29.7 Å². The van der Waals surface area contributed by atoms with Crippen LogP contribution in [-0.4, -0.2) is 25.7 Å². The molecule has 138 valence electrons. The molecule has 1 unspecified atom stereocenters. The number of fused-ring (bicyclic) bond motifs is 1. The summed E-state index contributed by atoms with van der Waals surface area (Å²) in [6, 6.07) is 7.21. The van der Waals surface area contributed by atoms with Crippen LogP contribution in [0.3, 0.4) is 0 Å². The number of nitrogens with one attached hydrogen (secondary N) is 1. The van der Waals surface area contributed by atoms with E-state index in [1.807, 2.05) is 0 Å². The molecule has 1 aliphatic heterocycles. The molecule has 0 radical (unpaired) electrons. The van der Waals surface area contributed by atoms with Gasteiger partial charge in [-0.1, -0.05) is 17.7 Å². The van der Waals surface area contributed by atoms with Crippen LogP contribution < -0.4 is 10.1 Å². The van der Waals surface area contributed by atoms with Crippen molar-refractivity contribution in [3.8, 4) is 5.75 Å². The van der Waals surface area contributed by atoms with E-state index in [1.165, 1.54) is 0 Å². The SMILES string of the molecule is CCOC(=O)COc1ccc(Cl)cc1C1NCCc2c1ccc(F)c2F. The van der Waals surface area contributed by atoms with Crippen molar-refractivity contribution in [3.05, 3.63) is 63.7 Å². The zero-order valence-electron chi connectivity index (χ0n) is 14.2. The quantitative estimate of drug-likeness (QED) is 0.800. The molecule has 26 heavy (non-hydrogen) atoms. The molecule has 1 atom stereocenters. The number of hydrogen-bond acceptors (Lipinski definition) is 4. The number of hydrogen-bond donors (Lipinski definition) is 1. The Morgan fingerprint density at radius 2 is 2.08 bits per heavy atom. The number of ether oxygens (including phenoxy) is 2. The van der Waals surface area contributed by atoms with Crippen LogP contribution in [0.2, 0.25) is 5.02 Å². The lowest BCUT2D eigenvalue weighted by atomic mass is 9.89. The lowest BCUT2D eigenvalue weighted by molar-refractivity contribution is -0.145. The summed E-state index contributed by atoms with van der Waals surface area (Å²) in [4.78, 5) is 11.6. The second-order valence-electron chi connectivity index (χ2n) is 5.84. The van der Waals surface area contributed by atoms with Crippen molar-refractivity contribution in [3.63, 3.8) is 0 Å². The van der Waals surface area contributed by atoms with E-state index in [4.69, 9.17) is 21.1 Å². The Morgan fingerprint density at radius 1 is 1.27 bits per heavy atom. The Balaban J connectivity index is 1.96. The van der Waals surface area contributed by atoms with Crippen LogP contribution in [0.15, 0.2) is 30.3 Å². The molecule has 0 saturated heterocycles. The second kappa shape index (κ2) is 8.01. The van der Waals surface area contributed by atoms with Gasteiger partial charge in [-0.3, -0.25) is 0 Å². The molecule has 4 nitrogen and oxygen atoms in total. The van der Waals surface area contributed by atoms with E-state index in [0.29, 0.717) is 40.4 Å². The van der Waals surface area contributed by atoms with E-state index < -0.39 is 23.6 Å². The average Bonchev–Trinajstić information content (AvgIpc) is 2.63. The normalized spacial score (nSPS) is 16.1. The molecule has 2 aromatic rings. The molecule has 1 N–H and O–H groups in total. The highest BCUT2D eigenvalue weighted by Gasteiger charge is 2.27. The maximum atomic E-state index is 14.2. The Labute approximate surface area is 155 Å². The van der Waals surface area contributed by atoms with Gasteiger partial charge in [-0.15, -0.1) is 0 Å². The third-order valence-electron chi connectivity index (χ3n) is 4.20. The van der Waals surface area contributed by atoms with E-state index in [0.717, 1.165) is 6.07 Å². The molecule has 0 fully saturated rings. The van der Waals surface area contributed by atoms with Crippen molar-refractivity contribution < 1.29 is 23.0 Å². The second-order valence-corrected chi connectivity index (χ2v) is 6.28. The number of benzene rings is 2. The van der Waals surface area contributed by atoms with Crippen LogP contribution in [-0.2, 0) is 16.0 Å². The van der Waals surface area contributed by atoms with Gasteiger partial charge in [-0.2, -0.15) is 0 Å². The summed E-state index contributed by atoms with van der Waals surface area (Å²) in [5.41, 5.74) is 1.61. The third kappa shape index (κ3) is 3.81. The van der Waals surface area contributed by atoms with E-state index in [2.05, 4.69) is 5.32 Å². The van der Waals surface area contributed by atoms with Crippen molar-refractivity contribution in [2.45, 2.75) is 19.4 Å². The highest BCUT2D eigenvalue weighted by atomic mass is 35.5. The van der Waals surface area contributed by atoms with Gasteiger partial charge < -0.3 is 14.8 Å². The summed E-state index contributed by atoms with van der Waals surface area (Å²) in [6.45, 7) is 2.20. The molecule has 2 aromatic carbocycles. The van der Waals surface area contributed by atoms with Gasteiger partial charge >= 0.3 is 5.97 Å². The van der Waals surface area contributed by atoms with Crippen molar-refractivity contribution in [2.24, 2.45) is 0 Å².